The maximum atomic E-state index is 13.4. The van der Waals surface area contributed by atoms with Crippen molar-refractivity contribution in [3.8, 4) is 11.3 Å². The Morgan fingerprint density at radius 1 is 1.21 bits per heavy atom. The fourth-order valence-electron chi connectivity index (χ4n) is 7.00. The number of aryl methyl sites for hydroxylation is 1. The number of amides is 1. The van der Waals surface area contributed by atoms with E-state index in [1.54, 1.807) is 6.92 Å². The Hall–Kier alpha value is -1.81. The maximum absolute atomic E-state index is 13.4. The lowest BCUT2D eigenvalue weighted by molar-refractivity contribution is -0.0727. The van der Waals surface area contributed by atoms with Gasteiger partial charge < -0.3 is 9.84 Å². The summed E-state index contributed by atoms with van der Waals surface area (Å²) in [6.45, 7) is 4.01. The Balaban J connectivity index is 1.43. The van der Waals surface area contributed by atoms with Crippen molar-refractivity contribution in [2.24, 2.45) is 23.2 Å². The van der Waals surface area contributed by atoms with Crippen molar-refractivity contribution in [1.29, 1.82) is 0 Å². The molecule has 0 spiro atoms. The smallest absolute Gasteiger partial charge is 0.257 e. The Morgan fingerprint density at radius 2 is 1.83 bits per heavy atom. The van der Waals surface area contributed by atoms with E-state index in [0.717, 1.165) is 29.7 Å². The minimum atomic E-state index is -0.0822. The lowest BCUT2D eigenvalue weighted by Gasteiger charge is -2.59. The van der Waals surface area contributed by atoms with Gasteiger partial charge in [0.05, 0.1) is 5.02 Å². The number of benzene rings is 1. The molecule has 0 radical (unpaired) electrons. The average molecular weight is 413 g/mol. The molecule has 0 unspecified atom stereocenters. The number of carbonyl (C=O) groups is 1. The zero-order chi connectivity index (χ0) is 20.2. The average Bonchev–Trinajstić information content (AvgIpc) is 3.06. The van der Waals surface area contributed by atoms with Crippen molar-refractivity contribution in [2.45, 2.75) is 64.8 Å². The van der Waals surface area contributed by atoms with Crippen molar-refractivity contribution in [2.75, 3.05) is 0 Å². The van der Waals surface area contributed by atoms with Crippen LogP contribution in [-0.4, -0.2) is 17.1 Å². The fourth-order valence-corrected chi connectivity index (χ4v) is 7.22. The predicted molar refractivity (Wildman–Crippen MR) is 114 cm³/mol. The van der Waals surface area contributed by atoms with Gasteiger partial charge in [0.2, 0.25) is 0 Å². The molecule has 29 heavy (non-hydrogen) atoms. The Labute approximate surface area is 177 Å². The van der Waals surface area contributed by atoms with Gasteiger partial charge in [-0.05, 0) is 81.1 Å². The lowest BCUT2D eigenvalue weighted by atomic mass is 9.47. The molecule has 2 aromatic rings. The number of hydrogen-bond acceptors (Lipinski definition) is 3. The second-order valence-electron chi connectivity index (χ2n) is 9.66. The second kappa shape index (κ2) is 7.16. The summed E-state index contributed by atoms with van der Waals surface area (Å²) in [6, 6.07) is 7.67. The first-order valence-electron chi connectivity index (χ1n) is 11.0. The number of nitrogens with one attached hydrogen (secondary N) is 1. The first kappa shape index (κ1) is 19.2. The van der Waals surface area contributed by atoms with Crippen LogP contribution in [0, 0.1) is 30.1 Å². The molecule has 4 nitrogen and oxygen atoms in total. The Morgan fingerprint density at radius 3 is 2.41 bits per heavy atom. The van der Waals surface area contributed by atoms with Crippen LogP contribution < -0.4 is 5.32 Å². The Kier molecular flexibility index (Phi) is 4.73. The molecule has 4 saturated carbocycles. The zero-order valence-corrected chi connectivity index (χ0v) is 18.0. The molecule has 6 rings (SSSR count). The summed E-state index contributed by atoms with van der Waals surface area (Å²) in [7, 11) is 0. The number of halogens is 1. The standard InChI is InChI=1S/C24H29ClN2O2/c1-3-20(24-11-15-8-16(12-24)10-17(9-15)13-24)26-23(28)21-14(2)29-27-22(21)18-6-4-5-7-19(18)25/h4-7,15-17,20H,3,8-13H2,1-2H3,(H,26,28)/t15?,16?,17?,20-,24?/m0/s1. The van der Waals surface area contributed by atoms with E-state index in [2.05, 4.69) is 17.4 Å². The van der Waals surface area contributed by atoms with Crippen molar-refractivity contribution in [3.05, 3.63) is 40.6 Å². The topological polar surface area (TPSA) is 55.1 Å². The largest absolute Gasteiger partial charge is 0.360 e. The van der Waals surface area contributed by atoms with Crippen LogP contribution in [0.1, 0.15) is 68.0 Å². The summed E-state index contributed by atoms with van der Waals surface area (Å²) in [5, 5.41) is 8.16. The highest BCUT2D eigenvalue weighted by atomic mass is 35.5. The van der Waals surface area contributed by atoms with Gasteiger partial charge in [0.1, 0.15) is 17.0 Å². The SMILES string of the molecule is CC[C@H](NC(=O)c1c(-c2ccccc2Cl)noc1C)C12CC3CC(CC(C3)C1)C2. The van der Waals surface area contributed by atoms with E-state index >= 15 is 0 Å². The molecule has 1 N–H and O–H groups in total. The minimum Gasteiger partial charge on any atom is -0.360 e. The summed E-state index contributed by atoms with van der Waals surface area (Å²) >= 11 is 6.38. The number of hydrogen-bond donors (Lipinski definition) is 1. The van der Waals surface area contributed by atoms with Crippen molar-refractivity contribution in [3.63, 3.8) is 0 Å². The van der Waals surface area contributed by atoms with Crippen molar-refractivity contribution in [1.82, 2.24) is 10.5 Å². The minimum absolute atomic E-state index is 0.0822. The van der Waals surface area contributed by atoms with Gasteiger partial charge in [-0.3, -0.25) is 4.79 Å². The zero-order valence-electron chi connectivity index (χ0n) is 17.2. The maximum Gasteiger partial charge on any atom is 0.257 e. The predicted octanol–water partition coefficient (Wildman–Crippen LogP) is 6.03. The van der Waals surface area contributed by atoms with Crippen LogP contribution in [0.25, 0.3) is 11.3 Å². The van der Waals surface area contributed by atoms with E-state index in [9.17, 15) is 4.79 Å². The van der Waals surface area contributed by atoms with E-state index in [1.807, 2.05) is 24.3 Å². The van der Waals surface area contributed by atoms with Crippen LogP contribution in [0.3, 0.4) is 0 Å². The first-order chi connectivity index (χ1) is 14.0. The van der Waals surface area contributed by atoms with Crippen LogP contribution in [0.5, 0.6) is 0 Å². The normalized spacial score (nSPS) is 31.1. The second-order valence-corrected chi connectivity index (χ2v) is 10.1. The number of carbonyl (C=O) groups excluding carboxylic acids is 1. The number of aromatic nitrogens is 1. The quantitative estimate of drug-likeness (QED) is 0.652. The summed E-state index contributed by atoms with van der Waals surface area (Å²) < 4.78 is 5.42. The molecule has 1 atom stereocenters. The van der Waals surface area contributed by atoms with Crippen LogP contribution >= 0.6 is 11.6 Å². The molecule has 4 bridgehead atoms. The fraction of sp³-hybridized carbons (Fsp3) is 0.583. The van der Waals surface area contributed by atoms with Crippen LogP contribution in [-0.2, 0) is 0 Å². The van der Waals surface area contributed by atoms with Gasteiger partial charge in [0.25, 0.3) is 5.91 Å². The molecule has 0 aliphatic heterocycles. The van der Waals surface area contributed by atoms with Gasteiger partial charge >= 0.3 is 0 Å². The third-order valence-corrected chi connectivity index (χ3v) is 8.09. The molecule has 4 aliphatic rings. The summed E-state index contributed by atoms with van der Waals surface area (Å²) in [4.78, 5) is 13.4. The van der Waals surface area contributed by atoms with Crippen LogP contribution in [0.4, 0.5) is 0 Å². The Bertz CT molecular complexity index is 899. The summed E-state index contributed by atoms with van der Waals surface area (Å²) in [5.41, 5.74) is 2.06. The van der Waals surface area contributed by atoms with Crippen LogP contribution in [0.2, 0.25) is 5.02 Å². The van der Waals surface area contributed by atoms with E-state index in [1.165, 1.54) is 38.5 Å². The van der Waals surface area contributed by atoms with Gasteiger partial charge in [-0.2, -0.15) is 0 Å². The summed E-state index contributed by atoms with van der Waals surface area (Å²) in [6.07, 6.45) is 9.01. The molecular formula is C24H29ClN2O2. The van der Waals surface area contributed by atoms with Crippen molar-refractivity contribution < 1.29 is 9.32 Å². The third-order valence-electron chi connectivity index (χ3n) is 7.76. The van der Waals surface area contributed by atoms with Gasteiger partial charge in [0, 0.05) is 11.6 Å². The van der Waals surface area contributed by atoms with E-state index in [0.29, 0.717) is 22.0 Å². The molecular weight excluding hydrogens is 384 g/mol. The molecule has 1 aromatic carbocycles. The highest BCUT2D eigenvalue weighted by Gasteiger charge is 2.54. The molecule has 0 saturated heterocycles. The van der Waals surface area contributed by atoms with Crippen molar-refractivity contribution >= 4 is 17.5 Å². The molecule has 5 heteroatoms. The first-order valence-corrected chi connectivity index (χ1v) is 11.4. The lowest BCUT2D eigenvalue weighted by Crippen LogP contribution is -2.56. The molecule has 4 aliphatic carbocycles. The highest BCUT2D eigenvalue weighted by molar-refractivity contribution is 6.33. The molecule has 1 amide bonds. The van der Waals surface area contributed by atoms with E-state index in [4.69, 9.17) is 16.1 Å². The van der Waals surface area contributed by atoms with Gasteiger partial charge in [-0.25, -0.2) is 0 Å². The van der Waals surface area contributed by atoms with E-state index < -0.39 is 0 Å². The highest BCUT2D eigenvalue weighted by Crippen LogP contribution is 2.61. The van der Waals surface area contributed by atoms with Crippen LogP contribution in [0.15, 0.2) is 28.8 Å². The summed E-state index contributed by atoms with van der Waals surface area (Å²) in [5.74, 6) is 3.05. The third kappa shape index (κ3) is 3.20. The molecule has 1 aromatic heterocycles. The van der Waals surface area contributed by atoms with Gasteiger partial charge in [-0.15, -0.1) is 0 Å². The molecule has 1 heterocycles. The number of nitrogens with zero attached hydrogens (tertiary/aromatic N) is 1. The number of rotatable bonds is 5. The van der Waals surface area contributed by atoms with E-state index in [-0.39, 0.29) is 17.4 Å². The molecule has 4 fully saturated rings. The monoisotopic (exact) mass is 412 g/mol. The van der Waals surface area contributed by atoms with Gasteiger partial charge in [0.15, 0.2) is 0 Å². The van der Waals surface area contributed by atoms with Gasteiger partial charge in [-0.1, -0.05) is 41.9 Å². The molecule has 154 valence electrons.